The van der Waals surface area contributed by atoms with Gasteiger partial charge in [-0.1, -0.05) is 80.0 Å². The smallest absolute Gasteiger partial charge is 0.0776 e. The summed E-state index contributed by atoms with van der Waals surface area (Å²) in [4.78, 5) is 9.01. The Balaban J connectivity index is 0.000000200. The predicted molar refractivity (Wildman–Crippen MR) is 172 cm³/mol. The van der Waals surface area contributed by atoms with E-state index < -0.39 is 8.07 Å². The number of hydrogen-bond acceptors (Lipinski definition) is 3. The summed E-state index contributed by atoms with van der Waals surface area (Å²) in [7, 11) is -1.30. The van der Waals surface area contributed by atoms with Crippen LogP contribution in [0.25, 0.3) is 42.7 Å². The van der Waals surface area contributed by atoms with Crippen LogP contribution in [0.3, 0.4) is 0 Å². The number of rotatable bonds is 4. The van der Waals surface area contributed by atoms with Crippen molar-refractivity contribution in [2.24, 2.45) is 0 Å². The Hall–Kier alpha value is -2.95. The molecule has 0 aliphatic rings. The molecule has 0 amide bonds. The van der Waals surface area contributed by atoms with E-state index in [4.69, 9.17) is 0 Å². The average molecular weight is 735 g/mol. The maximum Gasteiger partial charge on any atom is 0.0776 e. The van der Waals surface area contributed by atoms with Gasteiger partial charge in [-0.25, -0.2) is 0 Å². The third-order valence-electron chi connectivity index (χ3n) is 6.91. The molecule has 0 bridgehead atoms. The number of thiophene rings is 1. The van der Waals surface area contributed by atoms with Gasteiger partial charge in [0.25, 0.3) is 0 Å². The first kappa shape index (κ1) is 30.0. The fraction of sp³-hybridized carbons (Fsp3) is 0.200. The molecule has 205 valence electrons. The van der Waals surface area contributed by atoms with Crippen molar-refractivity contribution in [2.45, 2.75) is 46.3 Å². The molecule has 6 rings (SSSR count). The number of fused-ring (bicyclic) bond motifs is 3. The van der Waals surface area contributed by atoms with Gasteiger partial charge >= 0.3 is 0 Å². The third-order valence-corrected chi connectivity index (χ3v) is 10.1. The van der Waals surface area contributed by atoms with Crippen molar-refractivity contribution >= 4 is 44.8 Å². The molecule has 0 spiro atoms. The molecule has 0 unspecified atom stereocenters. The minimum Gasteiger partial charge on any atom is -0.305 e. The molecule has 0 fully saturated rings. The van der Waals surface area contributed by atoms with Gasteiger partial charge in [0.2, 0.25) is 0 Å². The van der Waals surface area contributed by atoms with Gasteiger partial charge in [-0.15, -0.1) is 59.7 Å². The van der Waals surface area contributed by atoms with Crippen LogP contribution >= 0.6 is 11.3 Å². The van der Waals surface area contributed by atoms with Crippen molar-refractivity contribution < 1.29 is 20.1 Å². The second-order valence-electron chi connectivity index (χ2n) is 11.3. The molecule has 0 saturated heterocycles. The molecule has 5 heteroatoms. The Bertz CT molecular complexity index is 1720. The first-order valence-corrected chi connectivity index (χ1v) is 17.8. The van der Waals surface area contributed by atoms with Crippen molar-refractivity contribution in [1.29, 1.82) is 0 Å². The number of hydrogen-bond donors (Lipinski definition) is 0. The number of aryl methyl sites for hydroxylation is 1. The minimum atomic E-state index is -1.30. The van der Waals surface area contributed by atoms with E-state index in [1.165, 1.54) is 36.5 Å². The number of nitrogens with zero attached hydrogens (tertiary/aromatic N) is 2. The molecule has 0 N–H and O–H groups in total. The topological polar surface area (TPSA) is 25.8 Å². The fourth-order valence-electron chi connectivity index (χ4n) is 4.53. The van der Waals surface area contributed by atoms with E-state index in [1.54, 1.807) is 0 Å². The predicted octanol–water partition coefficient (Wildman–Crippen LogP) is 9.44. The summed E-state index contributed by atoms with van der Waals surface area (Å²) in [6.45, 7) is 13.7. The van der Waals surface area contributed by atoms with E-state index in [-0.39, 0.29) is 20.1 Å². The van der Waals surface area contributed by atoms with Crippen LogP contribution in [0.4, 0.5) is 0 Å². The van der Waals surface area contributed by atoms with Gasteiger partial charge in [0, 0.05) is 37.2 Å². The van der Waals surface area contributed by atoms with E-state index in [0.29, 0.717) is 5.92 Å². The molecule has 3 heterocycles. The maximum atomic E-state index is 4.57. The third kappa shape index (κ3) is 6.67. The molecule has 1 radical (unpaired) electrons. The van der Waals surface area contributed by atoms with Crippen LogP contribution in [0.1, 0.15) is 30.9 Å². The molecule has 0 saturated carbocycles. The molecule has 3 aromatic heterocycles. The SMILES string of the molecule is CC(C)c1ccc(-c2[c-]cccc2)nc1.Cc1ccnc(-c2[c-]ccc3c2sc2cc([Si](C)(C)C)ccc23)c1.[Ir]. The summed E-state index contributed by atoms with van der Waals surface area (Å²) in [6, 6.07) is 34.1. The molecule has 40 heavy (non-hydrogen) atoms. The summed E-state index contributed by atoms with van der Waals surface area (Å²) < 4.78 is 2.66. The van der Waals surface area contributed by atoms with Crippen LogP contribution in [0.15, 0.2) is 91.3 Å². The zero-order valence-electron chi connectivity index (χ0n) is 23.9. The van der Waals surface area contributed by atoms with Crippen LogP contribution in [0.5, 0.6) is 0 Å². The monoisotopic (exact) mass is 735 g/mol. The molecule has 0 atom stereocenters. The average Bonchev–Trinajstić information content (AvgIpc) is 3.32. The van der Waals surface area contributed by atoms with Crippen LogP contribution in [-0.2, 0) is 20.1 Å². The van der Waals surface area contributed by atoms with E-state index >= 15 is 0 Å². The second kappa shape index (κ2) is 12.7. The van der Waals surface area contributed by atoms with Crippen LogP contribution in [-0.4, -0.2) is 18.0 Å². The molecule has 2 nitrogen and oxygen atoms in total. The van der Waals surface area contributed by atoms with Gasteiger partial charge < -0.3 is 9.97 Å². The van der Waals surface area contributed by atoms with E-state index in [1.807, 2.05) is 60.1 Å². The Morgan fingerprint density at radius 3 is 2.27 bits per heavy atom. The first-order chi connectivity index (χ1) is 18.7. The van der Waals surface area contributed by atoms with Gasteiger partial charge in [0.15, 0.2) is 0 Å². The Morgan fingerprint density at radius 2 is 1.62 bits per heavy atom. The standard InChI is InChI=1S/C21H20NSSi.C14H14N.Ir/c1-14-10-11-22-19(12-14)18-7-5-6-17-16-9-8-15(24(2,3)4)13-20(16)23-21(17)18;1-11(2)13-8-9-14(15-10-13)12-6-4-3-5-7-12;/h5-6,8-13H,1-4H3;3-6,8-11H,1-2H3;/q2*-1;. The normalized spacial score (nSPS) is 11.3. The second-order valence-corrected chi connectivity index (χ2v) is 17.4. The summed E-state index contributed by atoms with van der Waals surface area (Å²) >= 11 is 1.87. The first-order valence-electron chi connectivity index (χ1n) is 13.4. The van der Waals surface area contributed by atoms with E-state index in [0.717, 1.165) is 22.5 Å². The Kier molecular flexibility index (Phi) is 9.53. The summed E-state index contributed by atoms with van der Waals surface area (Å²) in [5, 5.41) is 4.18. The largest absolute Gasteiger partial charge is 0.305 e. The zero-order chi connectivity index (χ0) is 27.6. The van der Waals surface area contributed by atoms with Crippen molar-refractivity contribution in [3.05, 3.63) is 115 Å². The van der Waals surface area contributed by atoms with Crippen molar-refractivity contribution in [3.8, 4) is 22.5 Å². The summed E-state index contributed by atoms with van der Waals surface area (Å²) in [5.74, 6) is 0.534. The molecule has 0 aliphatic heterocycles. The molecule has 0 aliphatic carbocycles. The van der Waals surface area contributed by atoms with Crippen LogP contribution in [0, 0.1) is 19.1 Å². The summed E-state index contributed by atoms with van der Waals surface area (Å²) in [6.07, 6.45) is 3.83. The number of benzene rings is 3. The Morgan fingerprint density at radius 1 is 0.800 bits per heavy atom. The van der Waals surface area contributed by atoms with Gasteiger partial charge in [-0.3, -0.25) is 0 Å². The molecular weight excluding hydrogens is 701 g/mol. The van der Waals surface area contributed by atoms with Gasteiger partial charge in [-0.05, 0) is 52.0 Å². The van der Waals surface area contributed by atoms with Crippen molar-refractivity contribution in [1.82, 2.24) is 9.97 Å². The van der Waals surface area contributed by atoms with Crippen LogP contribution < -0.4 is 5.19 Å². The van der Waals surface area contributed by atoms with Crippen LogP contribution in [0.2, 0.25) is 19.6 Å². The van der Waals surface area contributed by atoms with Gasteiger partial charge in [-0.2, -0.15) is 11.3 Å². The van der Waals surface area contributed by atoms with Crippen molar-refractivity contribution in [2.75, 3.05) is 0 Å². The number of pyridine rings is 2. The molecule has 6 aromatic rings. The summed E-state index contributed by atoms with van der Waals surface area (Å²) in [5.41, 5.74) is 6.67. The number of aromatic nitrogens is 2. The van der Waals surface area contributed by atoms with Gasteiger partial charge in [0.05, 0.1) is 8.07 Å². The Labute approximate surface area is 256 Å². The van der Waals surface area contributed by atoms with Gasteiger partial charge in [0.1, 0.15) is 0 Å². The quantitative estimate of drug-likeness (QED) is 0.133. The zero-order valence-corrected chi connectivity index (χ0v) is 28.1. The van der Waals surface area contributed by atoms with Crippen molar-refractivity contribution in [3.63, 3.8) is 0 Å². The minimum absolute atomic E-state index is 0. The van der Waals surface area contributed by atoms with E-state index in [9.17, 15) is 0 Å². The van der Waals surface area contributed by atoms with E-state index in [2.05, 4.69) is 105 Å². The molecule has 3 aromatic carbocycles. The maximum absolute atomic E-state index is 4.57. The molecular formula is C35H34IrN2SSi-2. The fourth-order valence-corrected chi connectivity index (χ4v) is 7.04.